The van der Waals surface area contributed by atoms with Gasteiger partial charge in [0.05, 0.1) is 30.6 Å². The molecule has 1 saturated heterocycles. The number of pyridine rings is 1. The van der Waals surface area contributed by atoms with Crippen LogP contribution in [0.2, 0.25) is 0 Å². The fourth-order valence-corrected chi connectivity index (χ4v) is 4.65. The predicted molar refractivity (Wildman–Crippen MR) is 131 cm³/mol. The number of methoxy groups -OCH3 is 1. The van der Waals surface area contributed by atoms with E-state index in [0.717, 1.165) is 42.4 Å². The average Bonchev–Trinajstić information content (AvgIpc) is 2.88. The fraction of sp³-hybridized carbons (Fsp3) is 0.346. The number of carbonyl (C=O) groups is 2. The molecule has 0 bridgehead atoms. The van der Waals surface area contributed by atoms with Crippen molar-refractivity contribution in [3.8, 4) is 11.5 Å². The Morgan fingerprint density at radius 1 is 1.29 bits per heavy atom. The number of hydrogen-bond acceptors (Lipinski definition) is 7. The number of β-amino-alcohol motifs (C(OH)–C–C–N with tert-alkyl or cyclic N) is 1. The fourth-order valence-electron chi connectivity index (χ4n) is 4.65. The number of aliphatic hydroxyl groups excluding tert-OH is 1. The zero-order valence-corrected chi connectivity index (χ0v) is 19.5. The van der Waals surface area contributed by atoms with E-state index in [1.807, 2.05) is 24.3 Å². The summed E-state index contributed by atoms with van der Waals surface area (Å²) in [6.45, 7) is 2.02. The molecule has 1 atom stereocenters. The summed E-state index contributed by atoms with van der Waals surface area (Å²) in [4.78, 5) is 30.9. The minimum absolute atomic E-state index is 0.0165. The summed E-state index contributed by atoms with van der Waals surface area (Å²) in [6.07, 6.45) is 2.58. The van der Waals surface area contributed by atoms with Crippen molar-refractivity contribution in [3.63, 3.8) is 0 Å². The van der Waals surface area contributed by atoms with Gasteiger partial charge in [-0.05, 0) is 48.7 Å². The number of piperidine rings is 1. The summed E-state index contributed by atoms with van der Waals surface area (Å²) >= 11 is 0. The Morgan fingerprint density at radius 2 is 2.11 bits per heavy atom. The number of aliphatic hydroxyl groups is 1. The van der Waals surface area contributed by atoms with Gasteiger partial charge in [-0.25, -0.2) is 0 Å². The minimum atomic E-state index is -0.660. The summed E-state index contributed by atoms with van der Waals surface area (Å²) in [6, 6.07) is 12.7. The normalized spacial score (nSPS) is 17.3. The molecule has 0 spiro atoms. The van der Waals surface area contributed by atoms with Crippen molar-refractivity contribution in [3.05, 3.63) is 59.8 Å². The van der Waals surface area contributed by atoms with Crippen LogP contribution >= 0.6 is 0 Å². The van der Waals surface area contributed by atoms with E-state index in [9.17, 15) is 14.7 Å². The molecule has 0 radical (unpaired) electrons. The number of amides is 2. The summed E-state index contributed by atoms with van der Waals surface area (Å²) in [7, 11) is 1.60. The van der Waals surface area contributed by atoms with Crippen molar-refractivity contribution in [1.82, 2.24) is 15.2 Å². The number of nitrogens with zero attached hydrogens (tertiary/aromatic N) is 2. The van der Waals surface area contributed by atoms with Crippen LogP contribution in [0.3, 0.4) is 0 Å². The molecule has 9 nitrogen and oxygen atoms in total. The second kappa shape index (κ2) is 9.89. The van der Waals surface area contributed by atoms with E-state index in [1.165, 1.54) is 0 Å². The van der Waals surface area contributed by atoms with Crippen molar-refractivity contribution in [1.29, 1.82) is 0 Å². The molecule has 2 amide bonds. The van der Waals surface area contributed by atoms with Crippen molar-refractivity contribution < 1.29 is 24.2 Å². The van der Waals surface area contributed by atoms with Crippen LogP contribution in [0.4, 0.5) is 5.69 Å². The topological polar surface area (TPSA) is 113 Å². The lowest BCUT2D eigenvalue weighted by molar-refractivity contribution is -0.118. The average molecular weight is 477 g/mol. The van der Waals surface area contributed by atoms with Gasteiger partial charge in [-0.1, -0.05) is 12.1 Å². The van der Waals surface area contributed by atoms with E-state index < -0.39 is 6.10 Å². The Kier molecular flexibility index (Phi) is 6.52. The first-order valence-electron chi connectivity index (χ1n) is 11.7. The summed E-state index contributed by atoms with van der Waals surface area (Å²) in [5.74, 6) is 0.808. The van der Waals surface area contributed by atoms with Crippen LogP contribution in [0.15, 0.2) is 48.7 Å². The van der Waals surface area contributed by atoms with Crippen LogP contribution < -0.4 is 20.1 Å². The van der Waals surface area contributed by atoms with Gasteiger partial charge in [-0.2, -0.15) is 0 Å². The molecule has 2 aliphatic heterocycles. The molecular weight excluding hydrogens is 448 g/mol. The monoisotopic (exact) mass is 476 g/mol. The van der Waals surface area contributed by atoms with Gasteiger partial charge < -0.3 is 30.1 Å². The quantitative estimate of drug-likeness (QED) is 0.501. The molecule has 3 N–H and O–H groups in total. The molecule has 3 aromatic rings. The molecule has 182 valence electrons. The van der Waals surface area contributed by atoms with E-state index in [2.05, 4.69) is 20.5 Å². The van der Waals surface area contributed by atoms with Crippen molar-refractivity contribution in [2.45, 2.75) is 25.0 Å². The molecule has 9 heteroatoms. The number of fused-ring (bicyclic) bond motifs is 2. The van der Waals surface area contributed by atoms with E-state index in [-0.39, 0.29) is 24.5 Å². The zero-order chi connectivity index (χ0) is 24.4. The third kappa shape index (κ3) is 5.06. The van der Waals surface area contributed by atoms with Gasteiger partial charge in [0.1, 0.15) is 11.5 Å². The summed E-state index contributed by atoms with van der Waals surface area (Å²) in [5, 5.41) is 17.7. The molecule has 0 saturated carbocycles. The van der Waals surface area contributed by atoms with Crippen LogP contribution in [0, 0.1) is 0 Å². The molecule has 0 aliphatic carbocycles. The molecule has 3 heterocycles. The number of hydrogen-bond donors (Lipinski definition) is 3. The Hall–Kier alpha value is -3.69. The number of aromatic nitrogens is 1. The Bertz CT molecular complexity index is 1260. The third-order valence-corrected chi connectivity index (χ3v) is 6.56. The van der Waals surface area contributed by atoms with Gasteiger partial charge in [-0.3, -0.25) is 14.6 Å². The lowest BCUT2D eigenvalue weighted by Crippen LogP contribution is -2.45. The standard InChI is InChI=1S/C26H28N4O5/c1-34-18-12-20-19(3-2-4-21(20)27-13-18)23(31)14-30-9-7-17(8-10-30)28-26(33)16-5-6-24-22(11-16)29-25(32)15-35-24/h2-6,11-13,17,23,31H,7-10,14-15H2,1H3,(H,28,33)(H,29,32). The van der Waals surface area contributed by atoms with Gasteiger partial charge >= 0.3 is 0 Å². The Morgan fingerprint density at radius 3 is 2.91 bits per heavy atom. The maximum absolute atomic E-state index is 12.8. The first kappa shape index (κ1) is 23.1. The highest BCUT2D eigenvalue weighted by Gasteiger charge is 2.25. The van der Waals surface area contributed by atoms with Crippen LogP contribution in [0.25, 0.3) is 10.9 Å². The van der Waals surface area contributed by atoms with Gasteiger partial charge in [0.15, 0.2) is 6.61 Å². The maximum atomic E-state index is 12.8. The molecule has 2 aliphatic rings. The van der Waals surface area contributed by atoms with Gasteiger partial charge in [0, 0.05) is 36.6 Å². The number of carbonyl (C=O) groups excluding carboxylic acids is 2. The zero-order valence-electron chi connectivity index (χ0n) is 19.5. The predicted octanol–water partition coefficient (Wildman–Crippen LogP) is 2.50. The van der Waals surface area contributed by atoms with Crippen LogP contribution in [0.1, 0.15) is 34.9 Å². The Balaban J connectivity index is 1.17. The van der Waals surface area contributed by atoms with E-state index in [0.29, 0.717) is 29.3 Å². The molecule has 1 aromatic heterocycles. The SMILES string of the molecule is COc1cnc2cccc(C(O)CN3CCC(NC(=O)c4ccc5c(c4)NC(=O)CO5)CC3)c2c1. The number of ether oxygens (including phenoxy) is 2. The van der Waals surface area contributed by atoms with Gasteiger partial charge in [0.25, 0.3) is 11.8 Å². The molecular formula is C26H28N4O5. The number of rotatable bonds is 6. The minimum Gasteiger partial charge on any atom is -0.495 e. The molecule has 1 fully saturated rings. The first-order chi connectivity index (χ1) is 17.0. The van der Waals surface area contributed by atoms with Crippen LogP contribution in [-0.2, 0) is 4.79 Å². The molecule has 1 unspecified atom stereocenters. The van der Waals surface area contributed by atoms with Gasteiger partial charge in [0.2, 0.25) is 0 Å². The Labute approximate surface area is 203 Å². The van der Waals surface area contributed by atoms with Crippen molar-refractivity contribution in [2.75, 3.05) is 38.7 Å². The molecule has 5 rings (SSSR count). The highest BCUT2D eigenvalue weighted by Crippen LogP contribution is 2.29. The molecule has 2 aromatic carbocycles. The number of benzene rings is 2. The van der Waals surface area contributed by atoms with Crippen molar-refractivity contribution >= 4 is 28.4 Å². The second-order valence-corrected chi connectivity index (χ2v) is 8.90. The van der Waals surface area contributed by atoms with Crippen LogP contribution in [-0.4, -0.2) is 66.2 Å². The number of nitrogens with one attached hydrogen (secondary N) is 2. The molecule has 35 heavy (non-hydrogen) atoms. The van der Waals surface area contributed by atoms with E-state index in [1.54, 1.807) is 31.5 Å². The lowest BCUT2D eigenvalue weighted by Gasteiger charge is -2.33. The van der Waals surface area contributed by atoms with Crippen molar-refractivity contribution in [2.24, 2.45) is 0 Å². The number of likely N-dealkylation sites (tertiary alicyclic amines) is 1. The smallest absolute Gasteiger partial charge is 0.262 e. The highest BCUT2D eigenvalue weighted by atomic mass is 16.5. The van der Waals surface area contributed by atoms with E-state index >= 15 is 0 Å². The lowest BCUT2D eigenvalue weighted by atomic mass is 10.00. The third-order valence-electron chi connectivity index (χ3n) is 6.56. The highest BCUT2D eigenvalue weighted by molar-refractivity contribution is 6.00. The number of anilines is 1. The van der Waals surface area contributed by atoms with E-state index in [4.69, 9.17) is 9.47 Å². The summed E-state index contributed by atoms with van der Waals surface area (Å²) < 4.78 is 10.7. The van der Waals surface area contributed by atoms with Crippen LogP contribution in [0.5, 0.6) is 11.5 Å². The largest absolute Gasteiger partial charge is 0.495 e. The maximum Gasteiger partial charge on any atom is 0.262 e. The summed E-state index contributed by atoms with van der Waals surface area (Å²) in [5.41, 5.74) is 2.64. The first-order valence-corrected chi connectivity index (χ1v) is 11.7. The van der Waals surface area contributed by atoms with Gasteiger partial charge in [-0.15, -0.1) is 0 Å². The second-order valence-electron chi connectivity index (χ2n) is 8.90.